The highest BCUT2D eigenvalue weighted by Crippen LogP contribution is 2.45. The summed E-state index contributed by atoms with van der Waals surface area (Å²) >= 11 is 0. The molecule has 1 aliphatic carbocycles. The van der Waals surface area contributed by atoms with E-state index in [9.17, 15) is 0 Å². The van der Waals surface area contributed by atoms with Crippen LogP contribution in [0, 0.1) is 0 Å². The normalized spacial score (nSPS) is 26.6. The summed E-state index contributed by atoms with van der Waals surface area (Å²) in [6, 6.07) is 13.7. The SMILES string of the molecule is c1ccc(C2CC(c3cc[nH]c3C3CC3)CCN2)cc1. The second-order valence-electron chi connectivity index (χ2n) is 6.26. The average Bonchev–Trinajstić information content (AvgIpc) is 3.25. The van der Waals surface area contributed by atoms with Crippen molar-refractivity contribution in [2.24, 2.45) is 0 Å². The summed E-state index contributed by atoms with van der Waals surface area (Å²) in [4.78, 5) is 3.50. The Hall–Kier alpha value is -1.54. The molecule has 2 unspecified atom stereocenters. The van der Waals surface area contributed by atoms with Crippen LogP contribution in [0.1, 0.15) is 60.4 Å². The van der Waals surface area contributed by atoms with Gasteiger partial charge >= 0.3 is 0 Å². The predicted molar refractivity (Wildman–Crippen MR) is 81.9 cm³/mol. The molecular weight excluding hydrogens is 244 g/mol. The maximum absolute atomic E-state index is 3.68. The summed E-state index contributed by atoms with van der Waals surface area (Å²) in [5, 5.41) is 3.68. The highest BCUT2D eigenvalue weighted by molar-refractivity contribution is 5.32. The van der Waals surface area contributed by atoms with Crippen molar-refractivity contribution >= 4 is 0 Å². The number of hydrogen-bond donors (Lipinski definition) is 2. The van der Waals surface area contributed by atoms with E-state index in [1.54, 1.807) is 5.56 Å². The molecule has 0 spiro atoms. The molecule has 20 heavy (non-hydrogen) atoms. The number of nitrogens with one attached hydrogen (secondary N) is 2. The van der Waals surface area contributed by atoms with E-state index in [1.165, 1.54) is 36.9 Å². The van der Waals surface area contributed by atoms with Gasteiger partial charge in [0.05, 0.1) is 0 Å². The lowest BCUT2D eigenvalue weighted by Gasteiger charge is -2.31. The topological polar surface area (TPSA) is 27.8 Å². The van der Waals surface area contributed by atoms with Crippen molar-refractivity contribution in [1.29, 1.82) is 0 Å². The smallest absolute Gasteiger partial charge is 0.0326 e. The molecule has 2 heteroatoms. The van der Waals surface area contributed by atoms with Gasteiger partial charge in [0.15, 0.2) is 0 Å². The lowest BCUT2D eigenvalue weighted by molar-refractivity contribution is 0.368. The van der Waals surface area contributed by atoms with Crippen molar-refractivity contribution in [3.05, 3.63) is 59.4 Å². The summed E-state index contributed by atoms with van der Waals surface area (Å²) in [7, 11) is 0. The lowest BCUT2D eigenvalue weighted by atomic mass is 9.83. The summed E-state index contributed by atoms with van der Waals surface area (Å²) < 4.78 is 0. The minimum atomic E-state index is 0.511. The summed E-state index contributed by atoms with van der Waals surface area (Å²) in [5.74, 6) is 1.54. The van der Waals surface area contributed by atoms with E-state index in [2.05, 4.69) is 52.9 Å². The average molecular weight is 266 g/mol. The minimum Gasteiger partial charge on any atom is -0.365 e. The summed E-state index contributed by atoms with van der Waals surface area (Å²) in [6.07, 6.45) is 7.38. The zero-order valence-electron chi connectivity index (χ0n) is 11.8. The number of H-pyrrole nitrogens is 1. The summed E-state index contributed by atoms with van der Waals surface area (Å²) in [6.45, 7) is 1.12. The standard InChI is InChI=1S/C18H22N2/c1-2-4-13(5-3-1)17-12-15(8-10-19-17)16-9-11-20-18(16)14-6-7-14/h1-5,9,11,14-15,17,19-20H,6-8,10,12H2. The molecular formula is C18H22N2. The van der Waals surface area contributed by atoms with E-state index >= 15 is 0 Å². The fourth-order valence-corrected chi connectivity index (χ4v) is 3.62. The molecule has 1 saturated heterocycles. The third-order valence-electron chi connectivity index (χ3n) is 4.84. The molecule has 2 N–H and O–H groups in total. The van der Waals surface area contributed by atoms with Crippen LogP contribution in [0.5, 0.6) is 0 Å². The Morgan fingerprint density at radius 3 is 2.55 bits per heavy atom. The van der Waals surface area contributed by atoms with Crippen molar-refractivity contribution in [2.75, 3.05) is 6.54 Å². The van der Waals surface area contributed by atoms with Crippen LogP contribution >= 0.6 is 0 Å². The van der Waals surface area contributed by atoms with Crippen LogP contribution in [-0.4, -0.2) is 11.5 Å². The Labute approximate surface area is 120 Å². The molecule has 104 valence electrons. The number of aromatic nitrogens is 1. The molecule has 1 aromatic heterocycles. The zero-order valence-corrected chi connectivity index (χ0v) is 11.8. The lowest BCUT2D eigenvalue weighted by Crippen LogP contribution is -2.31. The second-order valence-corrected chi connectivity index (χ2v) is 6.26. The van der Waals surface area contributed by atoms with Gasteiger partial charge < -0.3 is 10.3 Å². The molecule has 0 bridgehead atoms. The van der Waals surface area contributed by atoms with Gasteiger partial charge in [-0.15, -0.1) is 0 Å². The molecule has 2 aromatic rings. The number of aromatic amines is 1. The number of hydrogen-bond acceptors (Lipinski definition) is 1. The molecule has 1 aromatic carbocycles. The molecule has 2 aliphatic rings. The highest BCUT2D eigenvalue weighted by atomic mass is 14.9. The third-order valence-corrected chi connectivity index (χ3v) is 4.84. The van der Waals surface area contributed by atoms with Crippen LogP contribution in [0.3, 0.4) is 0 Å². The summed E-state index contributed by atoms with van der Waals surface area (Å²) in [5.41, 5.74) is 4.55. The Bertz CT molecular complexity index is 568. The van der Waals surface area contributed by atoms with Crippen LogP contribution < -0.4 is 5.32 Å². The van der Waals surface area contributed by atoms with E-state index in [1.807, 2.05) is 0 Å². The largest absolute Gasteiger partial charge is 0.365 e. The van der Waals surface area contributed by atoms with Gasteiger partial charge in [0, 0.05) is 17.9 Å². The van der Waals surface area contributed by atoms with E-state index < -0.39 is 0 Å². The van der Waals surface area contributed by atoms with Gasteiger partial charge in [-0.3, -0.25) is 0 Å². The van der Waals surface area contributed by atoms with Gasteiger partial charge in [0.2, 0.25) is 0 Å². The van der Waals surface area contributed by atoms with Gasteiger partial charge in [0.1, 0.15) is 0 Å². The molecule has 2 atom stereocenters. The molecule has 2 heterocycles. The van der Waals surface area contributed by atoms with Gasteiger partial charge in [-0.2, -0.15) is 0 Å². The van der Waals surface area contributed by atoms with E-state index in [4.69, 9.17) is 0 Å². The van der Waals surface area contributed by atoms with Crippen LogP contribution in [0.25, 0.3) is 0 Å². The minimum absolute atomic E-state index is 0.511. The van der Waals surface area contributed by atoms with Crippen LogP contribution in [0.4, 0.5) is 0 Å². The fourth-order valence-electron chi connectivity index (χ4n) is 3.62. The zero-order chi connectivity index (χ0) is 13.4. The van der Waals surface area contributed by atoms with Crippen molar-refractivity contribution in [2.45, 2.75) is 43.6 Å². The quantitative estimate of drug-likeness (QED) is 0.860. The van der Waals surface area contributed by atoms with Gasteiger partial charge in [-0.25, -0.2) is 0 Å². The Morgan fingerprint density at radius 2 is 1.75 bits per heavy atom. The number of benzene rings is 1. The van der Waals surface area contributed by atoms with E-state index in [-0.39, 0.29) is 0 Å². The van der Waals surface area contributed by atoms with Crippen molar-refractivity contribution in [3.8, 4) is 0 Å². The van der Waals surface area contributed by atoms with Gasteiger partial charge in [0.25, 0.3) is 0 Å². The van der Waals surface area contributed by atoms with Crippen molar-refractivity contribution < 1.29 is 0 Å². The fraction of sp³-hybridized carbons (Fsp3) is 0.444. The van der Waals surface area contributed by atoms with Crippen molar-refractivity contribution in [3.63, 3.8) is 0 Å². The first-order valence-electron chi connectivity index (χ1n) is 7.87. The molecule has 2 nitrogen and oxygen atoms in total. The molecule has 1 saturated carbocycles. The third kappa shape index (κ3) is 2.29. The Balaban J connectivity index is 1.56. The predicted octanol–water partition coefficient (Wildman–Crippen LogP) is 4.10. The van der Waals surface area contributed by atoms with Gasteiger partial charge in [-0.1, -0.05) is 30.3 Å². The Kier molecular flexibility index (Phi) is 3.12. The van der Waals surface area contributed by atoms with Crippen LogP contribution in [0.15, 0.2) is 42.6 Å². The molecule has 1 aliphatic heterocycles. The van der Waals surface area contributed by atoms with Gasteiger partial charge in [-0.05, 0) is 61.3 Å². The van der Waals surface area contributed by atoms with E-state index in [0.29, 0.717) is 12.0 Å². The van der Waals surface area contributed by atoms with Crippen LogP contribution in [-0.2, 0) is 0 Å². The van der Waals surface area contributed by atoms with Crippen LogP contribution in [0.2, 0.25) is 0 Å². The first-order chi connectivity index (χ1) is 9.92. The molecule has 4 rings (SSSR count). The first-order valence-corrected chi connectivity index (χ1v) is 7.87. The van der Waals surface area contributed by atoms with Crippen molar-refractivity contribution in [1.82, 2.24) is 10.3 Å². The molecule has 2 fully saturated rings. The molecule has 0 amide bonds. The first kappa shape index (κ1) is 12.2. The maximum atomic E-state index is 3.68. The number of piperidine rings is 1. The highest BCUT2D eigenvalue weighted by Gasteiger charge is 2.31. The molecule has 0 radical (unpaired) electrons. The van der Waals surface area contributed by atoms with E-state index in [0.717, 1.165) is 12.5 Å². The number of rotatable bonds is 3. The Morgan fingerprint density at radius 1 is 0.900 bits per heavy atom. The second kappa shape index (κ2) is 5.10. The monoisotopic (exact) mass is 266 g/mol. The maximum Gasteiger partial charge on any atom is 0.0326 e.